The summed E-state index contributed by atoms with van der Waals surface area (Å²) in [6, 6.07) is 28.6. The summed E-state index contributed by atoms with van der Waals surface area (Å²) in [6.45, 7) is 3.22. The number of pyridine rings is 1. The Kier molecular flexibility index (Phi) is 9.29. The number of likely N-dealkylation sites (tertiary alicyclic amines) is 1. The van der Waals surface area contributed by atoms with Crippen LogP contribution >= 0.6 is 0 Å². The molecule has 1 fully saturated rings. The molecule has 47 heavy (non-hydrogen) atoms. The van der Waals surface area contributed by atoms with Crippen LogP contribution in [0.25, 0.3) is 22.5 Å². The smallest absolute Gasteiger partial charge is 0.416 e. The lowest BCUT2D eigenvalue weighted by Gasteiger charge is -2.31. The van der Waals surface area contributed by atoms with Crippen LogP contribution in [0.15, 0.2) is 103 Å². The Labute approximate surface area is 272 Å². The van der Waals surface area contributed by atoms with Crippen LogP contribution in [-0.4, -0.2) is 38.6 Å². The van der Waals surface area contributed by atoms with Crippen LogP contribution in [0.3, 0.4) is 0 Å². The van der Waals surface area contributed by atoms with Gasteiger partial charge in [-0.15, -0.1) is 0 Å². The molecule has 1 N–H and O–H groups in total. The second kappa shape index (κ2) is 13.7. The summed E-state index contributed by atoms with van der Waals surface area (Å²) in [5.74, 6) is 1.39. The summed E-state index contributed by atoms with van der Waals surface area (Å²) in [5, 5.41) is 3.44. The molecule has 3 heterocycles. The van der Waals surface area contributed by atoms with E-state index in [2.05, 4.69) is 10.3 Å². The first-order valence-electron chi connectivity index (χ1n) is 15.6. The minimum Gasteiger partial charge on any atom is -0.445 e. The number of alkyl halides is 3. The van der Waals surface area contributed by atoms with Crippen LogP contribution in [0.5, 0.6) is 0 Å². The molecule has 0 saturated carbocycles. The van der Waals surface area contributed by atoms with Crippen LogP contribution < -0.4 is 5.32 Å². The summed E-state index contributed by atoms with van der Waals surface area (Å²) in [5.41, 5.74) is 3.60. The molecule has 2 aromatic heterocycles. The Balaban J connectivity index is 1.28. The highest BCUT2D eigenvalue weighted by Crippen LogP contribution is 2.39. The SMILES string of the molecule is C[C@H](Nc1cc(-c2c(-c3cccc(C(F)(F)F)c3)nc(C3CCN(C(=O)OCc4ccccc4)CC3)n2C)ccn1)c1ccccc1. The summed E-state index contributed by atoms with van der Waals surface area (Å²) in [7, 11) is 1.90. The van der Waals surface area contributed by atoms with Crippen molar-refractivity contribution in [2.75, 3.05) is 18.4 Å². The number of carbonyl (C=O) groups excluding carboxylic acids is 1. The lowest BCUT2D eigenvalue weighted by Crippen LogP contribution is -2.38. The monoisotopic (exact) mass is 639 g/mol. The van der Waals surface area contributed by atoms with Crippen molar-refractivity contribution in [3.05, 3.63) is 126 Å². The van der Waals surface area contributed by atoms with Crippen LogP contribution in [0.2, 0.25) is 0 Å². The van der Waals surface area contributed by atoms with Crippen molar-refractivity contribution < 1.29 is 22.7 Å². The van der Waals surface area contributed by atoms with Crippen molar-refractivity contribution in [2.45, 2.75) is 44.5 Å². The third-order valence-corrected chi connectivity index (χ3v) is 8.61. The van der Waals surface area contributed by atoms with Crippen molar-refractivity contribution in [1.82, 2.24) is 19.4 Å². The molecule has 3 aromatic carbocycles. The average Bonchev–Trinajstić information content (AvgIpc) is 3.44. The Bertz CT molecular complexity index is 1820. The van der Waals surface area contributed by atoms with E-state index in [1.807, 2.05) is 91.3 Å². The lowest BCUT2D eigenvalue weighted by atomic mass is 9.96. The molecule has 242 valence electrons. The van der Waals surface area contributed by atoms with Gasteiger partial charge in [-0.25, -0.2) is 14.8 Å². The Hall–Kier alpha value is -5.12. The summed E-state index contributed by atoms with van der Waals surface area (Å²) in [6.07, 6.45) is -1.87. The second-order valence-electron chi connectivity index (χ2n) is 11.8. The molecule has 0 radical (unpaired) electrons. The van der Waals surface area contributed by atoms with Gasteiger partial charge < -0.3 is 19.5 Å². The molecule has 0 bridgehead atoms. The topological polar surface area (TPSA) is 72.3 Å². The third-order valence-electron chi connectivity index (χ3n) is 8.61. The number of imidazole rings is 1. The number of nitrogens with zero attached hydrogens (tertiary/aromatic N) is 4. The molecule has 1 saturated heterocycles. The number of amides is 1. The van der Waals surface area contributed by atoms with E-state index < -0.39 is 11.7 Å². The number of hydrogen-bond acceptors (Lipinski definition) is 5. The Morgan fingerprint density at radius 2 is 1.64 bits per heavy atom. The second-order valence-corrected chi connectivity index (χ2v) is 11.8. The molecule has 0 spiro atoms. The number of rotatable bonds is 8. The molecule has 0 aliphatic carbocycles. The Morgan fingerprint density at radius 1 is 0.936 bits per heavy atom. The predicted molar refractivity (Wildman–Crippen MR) is 176 cm³/mol. The van der Waals surface area contributed by atoms with Gasteiger partial charge in [0.25, 0.3) is 0 Å². The average molecular weight is 640 g/mol. The van der Waals surface area contributed by atoms with Crippen molar-refractivity contribution in [3.63, 3.8) is 0 Å². The van der Waals surface area contributed by atoms with E-state index in [4.69, 9.17) is 9.72 Å². The molecule has 6 rings (SSSR count). The van der Waals surface area contributed by atoms with Crippen molar-refractivity contribution in [3.8, 4) is 22.5 Å². The van der Waals surface area contributed by atoms with Gasteiger partial charge in [-0.1, -0.05) is 72.8 Å². The summed E-state index contributed by atoms with van der Waals surface area (Å²) < 4.78 is 48.8. The van der Waals surface area contributed by atoms with E-state index in [1.54, 1.807) is 17.2 Å². The fourth-order valence-corrected chi connectivity index (χ4v) is 6.09. The summed E-state index contributed by atoms with van der Waals surface area (Å²) in [4.78, 5) is 24.0. The van der Waals surface area contributed by atoms with Gasteiger partial charge in [0.15, 0.2) is 0 Å². The fourth-order valence-electron chi connectivity index (χ4n) is 6.09. The number of carbonyl (C=O) groups is 1. The molecular weight excluding hydrogens is 603 g/mol. The van der Waals surface area contributed by atoms with Gasteiger partial charge in [0.05, 0.1) is 17.0 Å². The number of nitrogens with one attached hydrogen (secondary N) is 1. The van der Waals surface area contributed by atoms with Gasteiger partial charge in [-0.05, 0) is 55.2 Å². The van der Waals surface area contributed by atoms with Crippen LogP contribution in [0.1, 0.15) is 54.2 Å². The van der Waals surface area contributed by atoms with Crippen molar-refractivity contribution in [2.24, 2.45) is 7.05 Å². The number of anilines is 1. The van der Waals surface area contributed by atoms with Gasteiger partial charge in [-0.3, -0.25) is 0 Å². The molecule has 7 nitrogen and oxygen atoms in total. The van der Waals surface area contributed by atoms with Crippen LogP contribution in [-0.2, 0) is 24.6 Å². The van der Waals surface area contributed by atoms with E-state index in [-0.39, 0.29) is 24.7 Å². The standard InChI is InChI=1S/C37H36F3N5O2/c1-25(27-12-7-4-8-13-27)42-32-23-30(16-19-41-32)34-33(29-14-9-15-31(22-29)37(38,39)40)43-35(44(34)2)28-17-20-45(21-18-28)36(46)47-24-26-10-5-3-6-11-26/h3-16,19,22-23,25,28H,17-18,20-21,24H2,1-2H3,(H,41,42)/t25-/m0/s1. The highest BCUT2D eigenvalue weighted by molar-refractivity contribution is 5.80. The zero-order valence-electron chi connectivity index (χ0n) is 26.2. The number of halogens is 3. The minimum absolute atomic E-state index is 0.00555. The molecule has 1 aliphatic rings. The molecular formula is C37H36F3N5O2. The van der Waals surface area contributed by atoms with Crippen LogP contribution in [0.4, 0.5) is 23.8 Å². The predicted octanol–water partition coefficient (Wildman–Crippen LogP) is 8.86. The van der Waals surface area contributed by atoms with Crippen molar-refractivity contribution >= 4 is 11.9 Å². The maximum atomic E-state index is 13.8. The van der Waals surface area contributed by atoms with E-state index in [1.165, 1.54) is 6.07 Å². The lowest BCUT2D eigenvalue weighted by molar-refractivity contribution is -0.137. The first-order chi connectivity index (χ1) is 22.7. The van der Waals surface area contributed by atoms with Gasteiger partial charge in [0.2, 0.25) is 0 Å². The van der Waals surface area contributed by atoms with Gasteiger partial charge >= 0.3 is 12.3 Å². The maximum absolute atomic E-state index is 13.8. The fraction of sp³-hybridized carbons (Fsp3) is 0.270. The molecule has 5 aromatic rings. The Morgan fingerprint density at radius 3 is 2.34 bits per heavy atom. The third kappa shape index (κ3) is 7.32. The highest BCUT2D eigenvalue weighted by Gasteiger charge is 2.33. The first-order valence-corrected chi connectivity index (χ1v) is 15.6. The first kappa shape index (κ1) is 31.8. The maximum Gasteiger partial charge on any atom is 0.416 e. The van der Waals surface area contributed by atoms with Crippen molar-refractivity contribution in [1.29, 1.82) is 0 Å². The van der Waals surface area contributed by atoms with Crippen LogP contribution in [0, 0.1) is 0 Å². The molecule has 10 heteroatoms. The number of hydrogen-bond donors (Lipinski definition) is 1. The van der Waals surface area contributed by atoms with Gasteiger partial charge in [-0.2, -0.15) is 13.2 Å². The number of ether oxygens (including phenoxy) is 1. The molecule has 1 amide bonds. The van der Waals surface area contributed by atoms with E-state index >= 15 is 0 Å². The van der Waals surface area contributed by atoms with E-state index in [0.29, 0.717) is 48.7 Å². The van der Waals surface area contributed by atoms with E-state index in [9.17, 15) is 18.0 Å². The normalized spacial score (nSPS) is 14.5. The van der Waals surface area contributed by atoms with Gasteiger partial charge in [0, 0.05) is 49.4 Å². The highest BCUT2D eigenvalue weighted by atomic mass is 19.4. The molecule has 1 aliphatic heterocycles. The zero-order valence-corrected chi connectivity index (χ0v) is 26.2. The summed E-state index contributed by atoms with van der Waals surface area (Å²) >= 11 is 0. The molecule has 0 unspecified atom stereocenters. The quantitative estimate of drug-likeness (QED) is 0.184. The van der Waals surface area contributed by atoms with Gasteiger partial charge in [0.1, 0.15) is 18.2 Å². The van der Waals surface area contributed by atoms with E-state index in [0.717, 1.165) is 34.6 Å². The number of aromatic nitrogens is 3. The molecule has 1 atom stereocenters. The largest absolute Gasteiger partial charge is 0.445 e. The number of piperidine rings is 1. The zero-order chi connectivity index (χ0) is 33.0. The minimum atomic E-state index is -4.49. The number of benzene rings is 3.